The number of carbonyl (C=O) groups is 5. The molecule has 6 aliphatic rings. The predicted molar refractivity (Wildman–Crippen MR) is 256 cm³/mol. The second-order valence-electron chi connectivity index (χ2n) is 24.3. The Labute approximate surface area is 399 Å². The number of hydrogen-bond donors (Lipinski definition) is 1. The first kappa shape index (κ1) is 49.0. The summed E-state index contributed by atoms with van der Waals surface area (Å²) < 4.78 is 23.3. The van der Waals surface area contributed by atoms with Gasteiger partial charge in [-0.3, -0.25) is 24.0 Å². The lowest BCUT2D eigenvalue weighted by atomic mass is 9.33. The highest BCUT2D eigenvalue weighted by molar-refractivity contribution is 6.05. The minimum atomic E-state index is -1.49. The number of amides is 1. The molecule has 0 radical (unpaired) electrons. The van der Waals surface area contributed by atoms with Crippen molar-refractivity contribution in [3.05, 3.63) is 76.9 Å². The number of ketones is 1. The van der Waals surface area contributed by atoms with Crippen LogP contribution < -0.4 is 10.1 Å². The quantitative estimate of drug-likeness (QED) is 0.125. The van der Waals surface area contributed by atoms with Crippen LogP contribution in [0.15, 0.2) is 65.7 Å². The number of allylic oxidation sites excluding steroid dienone is 1. The molecule has 364 valence electrons. The number of benzene rings is 2. The summed E-state index contributed by atoms with van der Waals surface area (Å²) in [6, 6.07) is 16.9. The topological polar surface area (TPSA) is 134 Å². The normalized spacial score (nSPS) is 34.9. The second-order valence-corrected chi connectivity index (χ2v) is 24.3. The van der Waals surface area contributed by atoms with Crippen LogP contribution in [0, 0.1) is 68.0 Å². The predicted octanol–water partition coefficient (Wildman–Crippen LogP) is 10.9. The number of methoxy groups -OCH3 is 1. The molecule has 2 aromatic rings. The van der Waals surface area contributed by atoms with Gasteiger partial charge < -0.3 is 24.3 Å². The molecule has 0 heterocycles. The second kappa shape index (κ2) is 17.2. The molecule has 0 aliphatic heterocycles. The Morgan fingerprint density at radius 1 is 0.716 bits per heavy atom. The summed E-state index contributed by atoms with van der Waals surface area (Å²) >= 11 is 0. The highest BCUT2D eigenvalue weighted by Crippen LogP contribution is 2.76. The molecule has 10 heteroatoms. The minimum Gasteiger partial charge on any atom is -0.497 e. The summed E-state index contributed by atoms with van der Waals surface area (Å²) in [6.07, 6.45) is 7.66. The van der Waals surface area contributed by atoms with Gasteiger partial charge >= 0.3 is 17.9 Å². The van der Waals surface area contributed by atoms with E-state index in [9.17, 15) is 24.0 Å². The van der Waals surface area contributed by atoms with E-state index in [1.54, 1.807) is 21.0 Å². The first-order valence-electron chi connectivity index (χ1n) is 25.2. The van der Waals surface area contributed by atoms with Crippen LogP contribution in [0.5, 0.6) is 5.75 Å². The molecule has 0 aromatic heterocycles. The molecule has 10 nitrogen and oxygen atoms in total. The van der Waals surface area contributed by atoms with E-state index in [2.05, 4.69) is 53.8 Å². The number of hydrogen-bond acceptors (Lipinski definition) is 9. The lowest BCUT2D eigenvalue weighted by molar-refractivity contribution is -0.235. The number of fused-ring (bicyclic) bond motifs is 7. The maximum Gasteiger partial charge on any atom is 0.321 e. The lowest BCUT2D eigenvalue weighted by Crippen LogP contribution is -2.67. The van der Waals surface area contributed by atoms with Crippen LogP contribution in [0.1, 0.15) is 151 Å². The van der Waals surface area contributed by atoms with Crippen LogP contribution in [0.4, 0.5) is 0 Å². The van der Waals surface area contributed by atoms with Crippen molar-refractivity contribution in [2.24, 2.45) is 68.0 Å². The van der Waals surface area contributed by atoms with E-state index >= 15 is 0 Å². The Bertz CT molecular complexity index is 2310. The monoisotopic (exact) mass is 920 g/mol. The van der Waals surface area contributed by atoms with Crippen LogP contribution in [-0.4, -0.2) is 48.4 Å². The van der Waals surface area contributed by atoms with E-state index in [0.29, 0.717) is 30.4 Å². The van der Waals surface area contributed by atoms with E-state index in [1.807, 2.05) is 68.4 Å². The molecule has 0 unspecified atom stereocenters. The van der Waals surface area contributed by atoms with Crippen molar-refractivity contribution < 1.29 is 42.9 Å². The van der Waals surface area contributed by atoms with Crippen molar-refractivity contribution >= 4 is 29.6 Å². The number of rotatable bonds is 12. The average molecular weight is 920 g/mol. The molecule has 10 atom stereocenters. The van der Waals surface area contributed by atoms with Gasteiger partial charge in [0.15, 0.2) is 5.78 Å². The molecule has 0 bridgehead atoms. The first-order valence-corrected chi connectivity index (χ1v) is 25.2. The molecule has 67 heavy (non-hydrogen) atoms. The van der Waals surface area contributed by atoms with Gasteiger partial charge in [-0.25, -0.2) is 0 Å². The minimum absolute atomic E-state index is 0.00599. The summed E-state index contributed by atoms with van der Waals surface area (Å²) in [6.45, 7) is 23.8. The Kier molecular flexibility index (Phi) is 12.6. The summed E-state index contributed by atoms with van der Waals surface area (Å²) in [7, 11) is 1.60. The number of esters is 3. The summed E-state index contributed by atoms with van der Waals surface area (Å²) in [5.74, 6) is -0.527. The van der Waals surface area contributed by atoms with Gasteiger partial charge in [0.25, 0.3) is 0 Å². The van der Waals surface area contributed by atoms with Crippen molar-refractivity contribution in [3.63, 3.8) is 0 Å². The van der Waals surface area contributed by atoms with Gasteiger partial charge in [-0.1, -0.05) is 105 Å². The fourth-order valence-corrected chi connectivity index (χ4v) is 15.2. The smallest absolute Gasteiger partial charge is 0.321 e. The first-order chi connectivity index (χ1) is 31.4. The van der Waals surface area contributed by atoms with Crippen molar-refractivity contribution in [1.82, 2.24) is 5.32 Å². The highest BCUT2D eigenvalue weighted by Gasteiger charge is 2.71. The van der Waals surface area contributed by atoms with Crippen molar-refractivity contribution in [2.45, 2.75) is 165 Å². The molecular weight excluding hydrogens is 843 g/mol. The lowest BCUT2D eigenvalue weighted by Gasteiger charge is -2.72. The Morgan fingerprint density at radius 3 is 2.00 bits per heavy atom. The molecule has 8 rings (SSSR count). The molecule has 0 saturated heterocycles. The molecule has 2 aromatic carbocycles. The fourth-order valence-electron chi connectivity index (χ4n) is 15.2. The molecule has 6 aliphatic carbocycles. The van der Waals surface area contributed by atoms with Crippen LogP contribution in [0.3, 0.4) is 0 Å². The van der Waals surface area contributed by atoms with Gasteiger partial charge in [-0.2, -0.15) is 0 Å². The van der Waals surface area contributed by atoms with Crippen LogP contribution >= 0.6 is 0 Å². The Morgan fingerprint density at radius 2 is 1.36 bits per heavy atom. The molecule has 0 spiro atoms. The van der Waals surface area contributed by atoms with E-state index in [-0.39, 0.29) is 88.8 Å². The fraction of sp³-hybridized carbons (Fsp3) is 0.667. The van der Waals surface area contributed by atoms with Crippen molar-refractivity contribution in [3.8, 4) is 5.75 Å². The van der Waals surface area contributed by atoms with Gasteiger partial charge in [0.2, 0.25) is 5.91 Å². The Balaban J connectivity index is 0.967. The summed E-state index contributed by atoms with van der Waals surface area (Å²) in [5.41, 5.74) is 0.395. The number of ether oxygens (including phenoxy) is 4. The third-order valence-electron chi connectivity index (χ3n) is 19.6. The zero-order valence-corrected chi connectivity index (χ0v) is 42.4. The van der Waals surface area contributed by atoms with Crippen LogP contribution in [0.2, 0.25) is 0 Å². The van der Waals surface area contributed by atoms with Gasteiger partial charge in [0.1, 0.15) is 30.5 Å². The molecular formula is C57H77NO9. The van der Waals surface area contributed by atoms with Crippen LogP contribution in [-0.2, 0) is 51.4 Å². The largest absolute Gasteiger partial charge is 0.497 e. The highest BCUT2D eigenvalue weighted by atomic mass is 16.6. The van der Waals surface area contributed by atoms with Gasteiger partial charge in [-0.15, -0.1) is 0 Å². The number of carbonyl (C=O) groups excluding carboxylic acids is 5. The Hall–Kier alpha value is -4.47. The van der Waals surface area contributed by atoms with E-state index in [1.165, 1.54) is 0 Å². The standard InChI is InChI=1S/C57H77NO9/c1-34(2)45-41(59)31-57(58-49(62)53(7,8)50(63)66-33-36-18-20-37(64-12)21-19-36)29-28-55(10)38(46(45)57)22-23-43-54(9)26-25-44(52(5,6)42(54)24-27-56(43,55)11)67-48(61)40-30-39(51(40,3)4)47(60)65-32-35-16-14-13-15-17-35/h13-21,34,38-40,42-44H,22-33H2,1-12H3,(H,58,62)/t38-,39+,40-,42+,43-,44+,54+,55-,56-,57-/m1/s1. The molecule has 5 saturated carbocycles. The SMILES string of the molecule is COc1ccc(COC(=O)C(C)(C)C(=O)N[C@@]23CC[C@]4(C)[C@H](CC[C@@H]5[C@@]6(C)CC[C@H](OC(=O)[C@H]7C[C@@H](C(=O)OCc8ccccc8)C7(C)C)C(C)(C)[C@@H]6CC[C@]54C)C2=C(C(C)C)C(=O)C3)cc1. The van der Waals surface area contributed by atoms with Crippen molar-refractivity contribution in [1.29, 1.82) is 0 Å². The molecule has 1 amide bonds. The molecule has 1 N–H and O–H groups in total. The van der Waals surface area contributed by atoms with E-state index in [4.69, 9.17) is 18.9 Å². The maximum atomic E-state index is 14.5. The van der Waals surface area contributed by atoms with Crippen LogP contribution in [0.25, 0.3) is 0 Å². The summed E-state index contributed by atoms with van der Waals surface area (Å²) in [4.78, 5) is 69.7. The zero-order valence-electron chi connectivity index (χ0n) is 42.4. The van der Waals surface area contributed by atoms with Gasteiger partial charge in [0, 0.05) is 11.8 Å². The zero-order chi connectivity index (χ0) is 48.7. The third-order valence-corrected chi connectivity index (χ3v) is 19.6. The maximum absolute atomic E-state index is 14.5. The summed E-state index contributed by atoms with van der Waals surface area (Å²) in [5, 5.41) is 3.40. The number of Topliss-reactive ketones (excluding diaryl/α,β-unsaturated/α-hetero) is 1. The molecule has 5 fully saturated rings. The van der Waals surface area contributed by atoms with Gasteiger partial charge in [-0.05, 0) is 151 Å². The van der Waals surface area contributed by atoms with E-state index < -0.39 is 28.2 Å². The van der Waals surface area contributed by atoms with Crippen molar-refractivity contribution in [2.75, 3.05) is 7.11 Å². The average Bonchev–Trinajstić information content (AvgIpc) is 3.57. The van der Waals surface area contributed by atoms with E-state index in [0.717, 1.165) is 67.2 Å². The van der Waals surface area contributed by atoms with Gasteiger partial charge in [0.05, 0.1) is 24.5 Å². The number of nitrogens with one attached hydrogen (secondary N) is 1. The third kappa shape index (κ3) is 7.86.